The average molecular weight is 485 g/mol. The van der Waals surface area contributed by atoms with Gasteiger partial charge in [0.2, 0.25) is 0 Å². The summed E-state index contributed by atoms with van der Waals surface area (Å²) in [6, 6.07) is 18.2. The lowest BCUT2D eigenvalue weighted by molar-refractivity contribution is -0.138. The fourth-order valence-corrected chi connectivity index (χ4v) is 3.93. The Morgan fingerprint density at radius 3 is 2.63 bits per heavy atom. The van der Waals surface area contributed by atoms with Crippen molar-refractivity contribution in [1.82, 2.24) is 0 Å². The first kappa shape index (κ1) is 26.1. The maximum atomic E-state index is 12.5. The zero-order chi connectivity index (χ0) is 25.1. The van der Waals surface area contributed by atoms with Crippen molar-refractivity contribution in [3.05, 3.63) is 94.2 Å². The van der Waals surface area contributed by atoms with Crippen LogP contribution < -0.4 is 4.74 Å². The summed E-state index contributed by atoms with van der Waals surface area (Å²) in [5.41, 5.74) is 4.81. The molecular weight excluding hydrogens is 452 g/mol. The molecule has 2 aromatic carbocycles. The smallest absolute Gasteiger partial charge is 0.334 e. The van der Waals surface area contributed by atoms with Crippen LogP contribution in [0, 0.1) is 17.3 Å². The maximum absolute atomic E-state index is 12.5. The van der Waals surface area contributed by atoms with Crippen LogP contribution in [-0.4, -0.2) is 12.6 Å². The second-order valence-electron chi connectivity index (χ2n) is 9.09. The van der Waals surface area contributed by atoms with E-state index in [9.17, 15) is 4.79 Å². The van der Waals surface area contributed by atoms with E-state index in [2.05, 4.69) is 61.6 Å². The first-order chi connectivity index (χ1) is 16.8. The van der Waals surface area contributed by atoms with Gasteiger partial charge < -0.3 is 9.47 Å². The lowest BCUT2D eigenvalue weighted by Gasteiger charge is -2.09. The van der Waals surface area contributed by atoms with Gasteiger partial charge in [-0.25, -0.2) is 4.79 Å². The molecule has 0 saturated heterocycles. The van der Waals surface area contributed by atoms with Crippen molar-refractivity contribution in [3.63, 3.8) is 0 Å². The Kier molecular flexibility index (Phi) is 9.52. The van der Waals surface area contributed by atoms with Gasteiger partial charge >= 0.3 is 5.97 Å². The number of benzene rings is 2. The van der Waals surface area contributed by atoms with Crippen LogP contribution in [0.2, 0.25) is 0 Å². The van der Waals surface area contributed by atoms with Gasteiger partial charge in [-0.05, 0) is 104 Å². The molecule has 0 radical (unpaired) electrons. The van der Waals surface area contributed by atoms with Gasteiger partial charge in [0, 0.05) is 11.0 Å². The number of carbonyl (C=O) groups excluding carboxylic acids is 1. The van der Waals surface area contributed by atoms with E-state index in [1.165, 1.54) is 5.56 Å². The first-order valence-electron chi connectivity index (χ1n) is 11.7. The molecule has 4 heteroatoms. The van der Waals surface area contributed by atoms with Crippen LogP contribution in [0.1, 0.15) is 45.2 Å². The molecule has 0 bridgehead atoms. The molecular formula is C31H32O3S. The molecule has 0 fully saturated rings. The molecule has 3 rings (SSSR count). The van der Waals surface area contributed by atoms with Crippen molar-refractivity contribution in [2.24, 2.45) is 5.41 Å². The number of allylic oxidation sites excluding steroid dienone is 2. The number of hydrogen-bond donors (Lipinski definition) is 0. The molecule has 35 heavy (non-hydrogen) atoms. The summed E-state index contributed by atoms with van der Waals surface area (Å²) in [6.07, 6.45) is 6.02. The van der Waals surface area contributed by atoms with Gasteiger partial charge in [0.25, 0.3) is 0 Å². The predicted molar refractivity (Wildman–Crippen MR) is 146 cm³/mol. The molecule has 1 aromatic heterocycles. The van der Waals surface area contributed by atoms with Crippen LogP contribution in [0.25, 0.3) is 17.2 Å². The standard InChI is InChI=1S/C31H32O3S/c1-5-33-30(32)27(13-7-6-8-17-31(2,3)4)20-24-11-9-12-25(19-24)22-34-29-15-10-14-26(21-29)28-16-18-35-23-28/h6-7,9-12,14-16,18-21,23H,5,13,22H2,1-4H3. The predicted octanol–water partition coefficient (Wildman–Crippen LogP) is 7.94. The van der Waals surface area contributed by atoms with E-state index in [4.69, 9.17) is 9.47 Å². The second-order valence-corrected chi connectivity index (χ2v) is 9.87. The normalized spacial score (nSPS) is 11.7. The molecule has 0 spiro atoms. The maximum Gasteiger partial charge on any atom is 0.334 e. The van der Waals surface area contributed by atoms with Gasteiger partial charge in [0.05, 0.1) is 6.61 Å². The highest BCUT2D eigenvalue weighted by Gasteiger charge is 2.10. The Labute approximate surface area is 213 Å². The van der Waals surface area contributed by atoms with Crippen LogP contribution >= 0.6 is 11.3 Å². The summed E-state index contributed by atoms with van der Waals surface area (Å²) in [4.78, 5) is 12.5. The van der Waals surface area contributed by atoms with Gasteiger partial charge in [-0.1, -0.05) is 48.2 Å². The third-order valence-corrected chi connectivity index (χ3v) is 5.59. The summed E-state index contributed by atoms with van der Waals surface area (Å²) in [5.74, 6) is 6.71. The van der Waals surface area contributed by atoms with E-state index < -0.39 is 0 Å². The van der Waals surface area contributed by atoms with Crippen molar-refractivity contribution >= 4 is 23.4 Å². The molecule has 0 unspecified atom stereocenters. The molecule has 3 aromatic rings. The highest BCUT2D eigenvalue weighted by Crippen LogP contribution is 2.26. The summed E-state index contributed by atoms with van der Waals surface area (Å²) in [5, 5.41) is 4.20. The van der Waals surface area contributed by atoms with Crippen LogP contribution in [0.5, 0.6) is 5.75 Å². The van der Waals surface area contributed by atoms with E-state index >= 15 is 0 Å². The number of thiophene rings is 1. The van der Waals surface area contributed by atoms with Gasteiger partial charge in [-0.15, -0.1) is 0 Å². The Morgan fingerprint density at radius 1 is 1.06 bits per heavy atom. The minimum atomic E-state index is -0.312. The van der Waals surface area contributed by atoms with Gasteiger partial charge in [0.15, 0.2) is 0 Å². The molecule has 0 amide bonds. The number of ether oxygens (including phenoxy) is 2. The Bertz CT molecular complexity index is 1230. The SMILES string of the molecule is CCOC(=O)C(=Cc1cccc(COc2cccc(-c3ccsc3)c2)c1)CC=CC#CC(C)(C)C. The molecule has 0 N–H and O–H groups in total. The van der Waals surface area contributed by atoms with Crippen molar-refractivity contribution in [2.45, 2.75) is 40.7 Å². The summed E-state index contributed by atoms with van der Waals surface area (Å²) in [7, 11) is 0. The lowest BCUT2D eigenvalue weighted by atomic mass is 9.98. The Morgan fingerprint density at radius 2 is 1.89 bits per heavy atom. The molecule has 0 aliphatic heterocycles. The Balaban J connectivity index is 1.71. The molecule has 0 aliphatic carbocycles. The zero-order valence-corrected chi connectivity index (χ0v) is 21.7. The van der Waals surface area contributed by atoms with E-state index in [1.54, 1.807) is 17.4 Å². The molecule has 0 aliphatic rings. The van der Waals surface area contributed by atoms with E-state index in [0.29, 0.717) is 25.2 Å². The first-order valence-corrected chi connectivity index (χ1v) is 12.7. The number of rotatable bonds is 9. The zero-order valence-electron chi connectivity index (χ0n) is 20.8. The fraction of sp³-hybridized carbons (Fsp3) is 0.258. The average Bonchev–Trinajstić information content (AvgIpc) is 3.37. The number of hydrogen-bond acceptors (Lipinski definition) is 4. The largest absolute Gasteiger partial charge is 0.489 e. The van der Waals surface area contributed by atoms with Crippen molar-refractivity contribution in [3.8, 4) is 28.7 Å². The van der Waals surface area contributed by atoms with Crippen LogP contribution in [0.4, 0.5) is 0 Å². The van der Waals surface area contributed by atoms with E-state index in [0.717, 1.165) is 22.4 Å². The van der Waals surface area contributed by atoms with Crippen LogP contribution in [0.3, 0.4) is 0 Å². The molecule has 0 saturated carbocycles. The third kappa shape index (κ3) is 8.96. The molecule has 0 atom stereocenters. The van der Waals surface area contributed by atoms with E-state index in [-0.39, 0.29) is 11.4 Å². The minimum Gasteiger partial charge on any atom is -0.489 e. The molecule has 3 nitrogen and oxygen atoms in total. The number of esters is 1. The summed E-state index contributed by atoms with van der Waals surface area (Å²) < 4.78 is 11.3. The topological polar surface area (TPSA) is 35.5 Å². The van der Waals surface area contributed by atoms with Crippen molar-refractivity contribution in [1.29, 1.82) is 0 Å². The van der Waals surface area contributed by atoms with Crippen LogP contribution in [0.15, 0.2) is 83.1 Å². The lowest BCUT2D eigenvalue weighted by Crippen LogP contribution is -2.07. The van der Waals surface area contributed by atoms with Crippen molar-refractivity contribution in [2.75, 3.05) is 6.61 Å². The van der Waals surface area contributed by atoms with E-state index in [1.807, 2.05) is 55.5 Å². The quantitative estimate of drug-likeness (QED) is 0.176. The highest BCUT2D eigenvalue weighted by atomic mass is 32.1. The highest BCUT2D eigenvalue weighted by molar-refractivity contribution is 7.08. The minimum absolute atomic E-state index is 0.0577. The molecule has 1 heterocycles. The second kappa shape index (κ2) is 12.8. The van der Waals surface area contributed by atoms with Gasteiger partial charge in [-0.3, -0.25) is 0 Å². The van der Waals surface area contributed by atoms with Gasteiger partial charge in [0.1, 0.15) is 12.4 Å². The monoisotopic (exact) mass is 484 g/mol. The summed E-state index contributed by atoms with van der Waals surface area (Å²) >= 11 is 1.68. The summed E-state index contributed by atoms with van der Waals surface area (Å²) in [6.45, 7) is 8.78. The molecule has 180 valence electrons. The third-order valence-electron chi connectivity index (χ3n) is 4.91. The van der Waals surface area contributed by atoms with Crippen LogP contribution in [-0.2, 0) is 16.1 Å². The van der Waals surface area contributed by atoms with Crippen molar-refractivity contribution < 1.29 is 14.3 Å². The van der Waals surface area contributed by atoms with Gasteiger partial charge in [-0.2, -0.15) is 11.3 Å². The number of carbonyl (C=O) groups is 1. The fourth-order valence-electron chi connectivity index (χ4n) is 3.26. The Hall–Kier alpha value is -3.55.